The normalized spacial score (nSPS) is 15.0. The van der Waals surface area contributed by atoms with E-state index in [-0.39, 0.29) is 24.0 Å². The number of nitrogens with one attached hydrogen (secondary N) is 2. The fraction of sp³-hybridized carbons (Fsp3) is 0.150. The van der Waals surface area contributed by atoms with E-state index in [1.54, 1.807) is 24.3 Å². The molecule has 0 saturated heterocycles. The van der Waals surface area contributed by atoms with Crippen LogP contribution in [0.3, 0.4) is 0 Å². The topological polar surface area (TPSA) is 106 Å². The standard InChI is InChI=1S/C20H17N5O3/c1-12(26)13-7-9-15(10-8-13)21-17(27)11-16-19(28)23-20-22-18(24-25(16)20)14-5-3-2-4-6-14/h2-10,16H,11H2,1H3,(H,21,27)(H,22,23,24,28)/t16-/m0/s1. The van der Waals surface area contributed by atoms with Gasteiger partial charge in [-0.05, 0) is 31.2 Å². The molecule has 0 saturated carbocycles. The molecule has 0 aliphatic carbocycles. The Morgan fingerprint density at radius 1 is 1.11 bits per heavy atom. The van der Waals surface area contributed by atoms with Crippen molar-refractivity contribution in [1.29, 1.82) is 0 Å². The van der Waals surface area contributed by atoms with Crippen molar-refractivity contribution >= 4 is 29.2 Å². The van der Waals surface area contributed by atoms with Crippen LogP contribution in [0.2, 0.25) is 0 Å². The van der Waals surface area contributed by atoms with Crippen LogP contribution in [0.1, 0.15) is 29.7 Å². The number of Topliss-reactive ketones (excluding diaryl/α,β-unsaturated/α-hetero) is 1. The molecule has 2 aromatic carbocycles. The first kappa shape index (κ1) is 17.6. The van der Waals surface area contributed by atoms with Crippen molar-refractivity contribution in [2.45, 2.75) is 19.4 Å². The monoisotopic (exact) mass is 375 g/mol. The molecule has 3 aromatic rings. The summed E-state index contributed by atoms with van der Waals surface area (Å²) in [5.41, 5.74) is 1.94. The lowest BCUT2D eigenvalue weighted by molar-refractivity contribution is -0.123. The molecule has 2 amide bonds. The van der Waals surface area contributed by atoms with Crippen LogP contribution in [-0.2, 0) is 9.59 Å². The third-order valence-electron chi connectivity index (χ3n) is 4.45. The number of carbonyl (C=O) groups is 3. The van der Waals surface area contributed by atoms with E-state index in [9.17, 15) is 14.4 Å². The summed E-state index contributed by atoms with van der Waals surface area (Å²) in [6.07, 6.45) is -0.0785. The summed E-state index contributed by atoms with van der Waals surface area (Å²) in [5.74, 6) is 0.110. The lowest BCUT2D eigenvalue weighted by Crippen LogP contribution is -2.23. The van der Waals surface area contributed by atoms with Crippen LogP contribution in [0.5, 0.6) is 0 Å². The Bertz CT molecular complexity index is 1060. The van der Waals surface area contributed by atoms with Crippen molar-refractivity contribution in [2.75, 3.05) is 10.6 Å². The molecule has 8 nitrogen and oxygen atoms in total. The number of hydrogen-bond acceptors (Lipinski definition) is 5. The second-order valence-electron chi connectivity index (χ2n) is 6.46. The third-order valence-corrected chi connectivity index (χ3v) is 4.45. The van der Waals surface area contributed by atoms with Crippen molar-refractivity contribution in [2.24, 2.45) is 0 Å². The van der Waals surface area contributed by atoms with Crippen molar-refractivity contribution in [3.63, 3.8) is 0 Å². The summed E-state index contributed by atoms with van der Waals surface area (Å²) in [4.78, 5) is 40.3. The van der Waals surface area contributed by atoms with Gasteiger partial charge in [-0.2, -0.15) is 4.98 Å². The lowest BCUT2D eigenvalue weighted by atomic mass is 10.1. The molecular weight excluding hydrogens is 358 g/mol. The molecule has 2 heterocycles. The SMILES string of the molecule is CC(=O)c1ccc(NC(=O)C[C@H]2C(=O)Nc3nc(-c4ccccc4)nn32)cc1. The zero-order valence-corrected chi connectivity index (χ0v) is 15.0. The molecular formula is C20H17N5O3. The van der Waals surface area contributed by atoms with Gasteiger partial charge in [-0.1, -0.05) is 30.3 Å². The van der Waals surface area contributed by atoms with Gasteiger partial charge in [0.05, 0.1) is 6.42 Å². The van der Waals surface area contributed by atoms with Crippen LogP contribution in [-0.4, -0.2) is 32.4 Å². The van der Waals surface area contributed by atoms with Crippen LogP contribution in [0.25, 0.3) is 11.4 Å². The summed E-state index contributed by atoms with van der Waals surface area (Å²) in [5, 5.41) is 9.78. The van der Waals surface area contributed by atoms with Crippen molar-refractivity contribution < 1.29 is 14.4 Å². The highest BCUT2D eigenvalue weighted by atomic mass is 16.2. The number of hydrogen-bond donors (Lipinski definition) is 2. The first-order valence-electron chi connectivity index (χ1n) is 8.75. The van der Waals surface area contributed by atoms with Crippen LogP contribution in [0.4, 0.5) is 11.6 Å². The predicted molar refractivity (Wildman–Crippen MR) is 103 cm³/mol. The average Bonchev–Trinajstić information content (AvgIpc) is 3.22. The molecule has 0 unspecified atom stereocenters. The van der Waals surface area contributed by atoms with Gasteiger partial charge in [0.15, 0.2) is 11.6 Å². The molecule has 8 heteroatoms. The number of aromatic nitrogens is 3. The molecule has 140 valence electrons. The highest BCUT2D eigenvalue weighted by molar-refractivity contribution is 6.01. The van der Waals surface area contributed by atoms with Gasteiger partial charge >= 0.3 is 0 Å². The fourth-order valence-corrected chi connectivity index (χ4v) is 2.99. The minimum absolute atomic E-state index is 0.0477. The van der Waals surface area contributed by atoms with Gasteiger partial charge in [-0.15, -0.1) is 5.10 Å². The van der Waals surface area contributed by atoms with E-state index in [1.807, 2.05) is 30.3 Å². The smallest absolute Gasteiger partial charge is 0.252 e. The molecule has 1 aromatic heterocycles. The average molecular weight is 375 g/mol. The quantitative estimate of drug-likeness (QED) is 0.667. The molecule has 0 spiro atoms. The first-order chi connectivity index (χ1) is 13.5. The number of fused-ring (bicyclic) bond motifs is 1. The molecule has 0 fully saturated rings. The molecule has 2 N–H and O–H groups in total. The highest BCUT2D eigenvalue weighted by Gasteiger charge is 2.35. The Kier molecular flexibility index (Phi) is 4.44. The van der Waals surface area contributed by atoms with E-state index in [1.165, 1.54) is 11.6 Å². The largest absolute Gasteiger partial charge is 0.326 e. The van der Waals surface area contributed by atoms with Crippen LogP contribution in [0, 0.1) is 0 Å². The Morgan fingerprint density at radius 3 is 2.50 bits per heavy atom. The maximum absolute atomic E-state index is 12.4. The zero-order chi connectivity index (χ0) is 19.7. The molecule has 1 aliphatic heterocycles. The second-order valence-corrected chi connectivity index (χ2v) is 6.46. The number of benzene rings is 2. The Hall–Kier alpha value is -3.81. The van der Waals surface area contributed by atoms with E-state index < -0.39 is 6.04 Å². The minimum atomic E-state index is -0.767. The van der Waals surface area contributed by atoms with Gasteiger partial charge in [0.1, 0.15) is 6.04 Å². The summed E-state index contributed by atoms with van der Waals surface area (Å²) in [7, 11) is 0. The van der Waals surface area contributed by atoms with Gasteiger partial charge in [-0.3, -0.25) is 19.7 Å². The van der Waals surface area contributed by atoms with Crippen LogP contribution in [0.15, 0.2) is 54.6 Å². The Balaban J connectivity index is 1.48. The predicted octanol–water partition coefficient (Wildman–Crippen LogP) is 2.67. The number of rotatable bonds is 5. The van der Waals surface area contributed by atoms with Crippen molar-refractivity contribution in [3.05, 3.63) is 60.2 Å². The van der Waals surface area contributed by atoms with Crippen LogP contribution < -0.4 is 10.6 Å². The van der Waals surface area contributed by atoms with E-state index in [0.717, 1.165) is 5.56 Å². The Morgan fingerprint density at radius 2 is 1.82 bits per heavy atom. The number of amides is 2. The van der Waals surface area contributed by atoms with Gasteiger partial charge < -0.3 is 5.32 Å². The number of nitrogens with zero attached hydrogens (tertiary/aromatic N) is 3. The molecule has 4 rings (SSSR count). The maximum atomic E-state index is 12.4. The minimum Gasteiger partial charge on any atom is -0.326 e. The molecule has 0 radical (unpaired) electrons. The van der Waals surface area contributed by atoms with E-state index in [0.29, 0.717) is 23.0 Å². The number of ketones is 1. The number of carbonyl (C=O) groups excluding carboxylic acids is 3. The first-order valence-corrected chi connectivity index (χ1v) is 8.75. The van der Waals surface area contributed by atoms with Gasteiger partial charge in [0, 0.05) is 16.8 Å². The molecule has 1 aliphatic rings. The van der Waals surface area contributed by atoms with Gasteiger partial charge in [0.2, 0.25) is 11.9 Å². The molecule has 0 bridgehead atoms. The summed E-state index contributed by atoms with van der Waals surface area (Å²) >= 11 is 0. The fourth-order valence-electron chi connectivity index (χ4n) is 2.99. The van der Waals surface area contributed by atoms with Gasteiger partial charge in [-0.25, -0.2) is 4.68 Å². The Labute approximate surface area is 160 Å². The second kappa shape index (κ2) is 7.07. The molecule has 28 heavy (non-hydrogen) atoms. The van der Waals surface area contributed by atoms with Crippen molar-refractivity contribution in [3.8, 4) is 11.4 Å². The van der Waals surface area contributed by atoms with E-state index in [4.69, 9.17) is 0 Å². The van der Waals surface area contributed by atoms with Gasteiger partial charge in [0.25, 0.3) is 5.91 Å². The maximum Gasteiger partial charge on any atom is 0.252 e. The summed E-state index contributed by atoms with van der Waals surface area (Å²) in [6, 6.07) is 15.2. The van der Waals surface area contributed by atoms with Crippen molar-refractivity contribution in [1.82, 2.24) is 14.8 Å². The molecule has 1 atom stereocenters. The van der Waals surface area contributed by atoms with E-state index >= 15 is 0 Å². The third kappa shape index (κ3) is 3.39. The summed E-state index contributed by atoms with van der Waals surface area (Å²) < 4.78 is 1.45. The van der Waals surface area contributed by atoms with Crippen LogP contribution >= 0.6 is 0 Å². The number of anilines is 2. The highest BCUT2D eigenvalue weighted by Crippen LogP contribution is 2.28. The summed E-state index contributed by atoms with van der Waals surface area (Å²) in [6.45, 7) is 1.48. The zero-order valence-electron chi connectivity index (χ0n) is 15.0. The lowest BCUT2D eigenvalue weighted by Gasteiger charge is -2.10. The van der Waals surface area contributed by atoms with E-state index in [2.05, 4.69) is 20.7 Å².